The van der Waals surface area contributed by atoms with Gasteiger partial charge in [-0.3, -0.25) is 4.79 Å². The summed E-state index contributed by atoms with van der Waals surface area (Å²) in [5.41, 5.74) is 1.77. The number of carbonyl (C=O) groups excluding carboxylic acids is 1. The predicted octanol–water partition coefficient (Wildman–Crippen LogP) is 3.98. The van der Waals surface area contributed by atoms with E-state index in [0.29, 0.717) is 12.1 Å². The van der Waals surface area contributed by atoms with E-state index in [1.165, 1.54) is 0 Å². The standard InChI is InChI=1S/C20H27N3O/c1-5-22(6-2)19-13-12-18(14-21-19)20(24)23(16(3)4)15-17-10-8-7-9-11-17/h7-14,16H,5-6,15H2,1-4H3. The number of hydrogen-bond acceptors (Lipinski definition) is 3. The molecule has 0 radical (unpaired) electrons. The summed E-state index contributed by atoms with van der Waals surface area (Å²) < 4.78 is 0. The van der Waals surface area contributed by atoms with Crippen molar-refractivity contribution in [2.24, 2.45) is 0 Å². The molecule has 0 N–H and O–H groups in total. The van der Waals surface area contributed by atoms with Crippen LogP contribution in [0, 0.1) is 0 Å². The number of rotatable bonds is 7. The Labute approximate surface area is 145 Å². The van der Waals surface area contributed by atoms with Crippen LogP contribution in [-0.4, -0.2) is 34.9 Å². The van der Waals surface area contributed by atoms with Crippen LogP contribution in [0.2, 0.25) is 0 Å². The van der Waals surface area contributed by atoms with Crippen molar-refractivity contribution in [2.45, 2.75) is 40.3 Å². The zero-order valence-electron chi connectivity index (χ0n) is 15.1. The molecule has 0 fully saturated rings. The van der Waals surface area contributed by atoms with Crippen LogP contribution in [0.25, 0.3) is 0 Å². The first-order valence-electron chi connectivity index (χ1n) is 8.62. The quantitative estimate of drug-likeness (QED) is 0.772. The van der Waals surface area contributed by atoms with E-state index in [2.05, 4.69) is 23.7 Å². The Morgan fingerprint density at radius 1 is 1.04 bits per heavy atom. The number of anilines is 1. The van der Waals surface area contributed by atoms with Crippen LogP contribution in [-0.2, 0) is 6.54 Å². The lowest BCUT2D eigenvalue weighted by atomic mass is 10.1. The number of benzene rings is 1. The van der Waals surface area contributed by atoms with Gasteiger partial charge in [-0.15, -0.1) is 0 Å². The summed E-state index contributed by atoms with van der Waals surface area (Å²) in [5.74, 6) is 0.933. The molecule has 0 saturated carbocycles. The van der Waals surface area contributed by atoms with Crippen molar-refractivity contribution in [2.75, 3.05) is 18.0 Å². The highest BCUT2D eigenvalue weighted by molar-refractivity contribution is 5.94. The van der Waals surface area contributed by atoms with Gasteiger partial charge in [-0.05, 0) is 45.4 Å². The summed E-state index contributed by atoms with van der Waals surface area (Å²) in [6.07, 6.45) is 1.69. The molecule has 0 aliphatic heterocycles. The SMILES string of the molecule is CCN(CC)c1ccc(C(=O)N(Cc2ccccc2)C(C)C)cn1. The highest BCUT2D eigenvalue weighted by Gasteiger charge is 2.19. The van der Waals surface area contributed by atoms with Gasteiger partial charge in [-0.25, -0.2) is 4.98 Å². The Morgan fingerprint density at radius 2 is 1.71 bits per heavy atom. The number of pyridine rings is 1. The predicted molar refractivity (Wildman–Crippen MR) is 99.2 cm³/mol. The van der Waals surface area contributed by atoms with E-state index in [9.17, 15) is 4.79 Å². The van der Waals surface area contributed by atoms with Gasteiger partial charge in [0.05, 0.1) is 5.56 Å². The molecule has 0 atom stereocenters. The van der Waals surface area contributed by atoms with Gasteiger partial charge in [0.1, 0.15) is 5.82 Å². The van der Waals surface area contributed by atoms with Gasteiger partial charge in [0.25, 0.3) is 5.91 Å². The monoisotopic (exact) mass is 325 g/mol. The minimum Gasteiger partial charge on any atom is -0.357 e. The first kappa shape index (κ1) is 18.0. The normalized spacial score (nSPS) is 10.7. The summed E-state index contributed by atoms with van der Waals surface area (Å²) in [7, 11) is 0. The summed E-state index contributed by atoms with van der Waals surface area (Å²) in [6, 6.07) is 14.0. The Morgan fingerprint density at radius 3 is 2.21 bits per heavy atom. The maximum absolute atomic E-state index is 12.9. The Balaban J connectivity index is 2.17. The fourth-order valence-corrected chi connectivity index (χ4v) is 2.68. The molecule has 2 aromatic rings. The van der Waals surface area contributed by atoms with Crippen LogP contribution in [0.1, 0.15) is 43.6 Å². The average molecular weight is 325 g/mol. The molecule has 4 heteroatoms. The first-order valence-corrected chi connectivity index (χ1v) is 8.62. The lowest BCUT2D eigenvalue weighted by Crippen LogP contribution is -2.36. The molecular formula is C20H27N3O. The molecule has 0 bridgehead atoms. The Bertz CT molecular complexity index is 634. The maximum Gasteiger partial charge on any atom is 0.255 e. The zero-order valence-corrected chi connectivity index (χ0v) is 15.1. The molecule has 2 rings (SSSR count). The summed E-state index contributed by atoms with van der Waals surface area (Å²) in [5, 5.41) is 0. The second-order valence-corrected chi connectivity index (χ2v) is 6.09. The third-order valence-corrected chi connectivity index (χ3v) is 4.16. The Hall–Kier alpha value is -2.36. The van der Waals surface area contributed by atoms with Crippen molar-refractivity contribution in [1.29, 1.82) is 0 Å². The molecular weight excluding hydrogens is 298 g/mol. The molecule has 0 aliphatic rings. The molecule has 1 heterocycles. The van der Waals surface area contributed by atoms with E-state index >= 15 is 0 Å². The molecule has 24 heavy (non-hydrogen) atoms. The number of amides is 1. The van der Waals surface area contributed by atoms with Gasteiger partial charge in [0.2, 0.25) is 0 Å². The fraction of sp³-hybridized carbons (Fsp3) is 0.400. The second kappa shape index (κ2) is 8.48. The number of carbonyl (C=O) groups is 1. The van der Waals surface area contributed by atoms with Gasteiger partial charge in [0, 0.05) is 31.9 Å². The van der Waals surface area contributed by atoms with Crippen molar-refractivity contribution < 1.29 is 4.79 Å². The van der Waals surface area contributed by atoms with Crippen LogP contribution in [0.3, 0.4) is 0 Å². The highest BCUT2D eigenvalue weighted by Crippen LogP contribution is 2.16. The topological polar surface area (TPSA) is 36.4 Å². The van der Waals surface area contributed by atoms with Crippen LogP contribution >= 0.6 is 0 Å². The van der Waals surface area contributed by atoms with E-state index < -0.39 is 0 Å². The second-order valence-electron chi connectivity index (χ2n) is 6.09. The van der Waals surface area contributed by atoms with E-state index in [1.807, 2.05) is 61.2 Å². The van der Waals surface area contributed by atoms with Crippen LogP contribution in [0.5, 0.6) is 0 Å². The van der Waals surface area contributed by atoms with Crippen LogP contribution < -0.4 is 4.90 Å². The molecule has 0 unspecified atom stereocenters. The van der Waals surface area contributed by atoms with E-state index in [4.69, 9.17) is 0 Å². The minimum absolute atomic E-state index is 0.0208. The minimum atomic E-state index is 0.0208. The van der Waals surface area contributed by atoms with E-state index in [-0.39, 0.29) is 11.9 Å². The van der Waals surface area contributed by atoms with Crippen molar-refractivity contribution in [3.63, 3.8) is 0 Å². The van der Waals surface area contributed by atoms with Gasteiger partial charge in [0.15, 0.2) is 0 Å². The van der Waals surface area contributed by atoms with Crippen molar-refractivity contribution >= 4 is 11.7 Å². The third kappa shape index (κ3) is 4.34. The number of nitrogens with zero attached hydrogens (tertiary/aromatic N) is 3. The molecule has 0 saturated heterocycles. The van der Waals surface area contributed by atoms with Crippen LogP contribution in [0.15, 0.2) is 48.7 Å². The average Bonchev–Trinajstić information content (AvgIpc) is 2.61. The summed E-state index contributed by atoms with van der Waals surface area (Å²) in [6.45, 7) is 10.7. The number of aromatic nitrogens is 1. The molecule has 1 amide bonds. The van der Waals surface area contributed by atoms with Gasteiger partial charge in [-0.1, -0.05) is 30.3 Å². The third-order valence-electron chi connectivity index (χ3n) is 4.16. The first-order chi connectivity index (χ1) is 11.6. The number of hydrogen-bond donors (Lipinski definition) is 0. The lowest BCUT2D eigenvalue weighted by molar-refractivity contribution is 0.0690. The smallest absolute Gasteiger partial charge is 0.255 e. The summed E-state index contributed by atoms with van der Waals surface area (Å²) in [4.78, 5) is 21.4. The van der Waals surface area contributed by atoms with Crippen LogP contribution in [0.4, 0.5) is 5.82 Å². The molecule has 1 aromatic heterocycles. The lowest BCUT2D eigenvalue weighted by Gasteiger charge is -2.27. The molecule has 0 aliphatic carbocycles. The highest BCUT2D eigenvalue weighted by atomic mass is 16.2. The molecule has 4 nitrogen and oxygen atoms in total. The van der Waals surface area contributed by atoms with Crippen molar-refractivity contribution in [3.05, 3.63) is 59.8 Å². The molecule has 0 spiro atoms. The largest absolute Gasteiger partial charge is 0.357 e. The Kier molecular flexibility index (Phi) is 6.36. The fourth-order valence-electron chi connectivity index (χ4n) is 2.68. The van der Waals surface area contributed by atoms with Gasteiger partial charge < -0.3 is 9.80 Å². The molecule has 1 aromatic carbocycles. The van der Waals surface area contributed by atoms with E-state index in [1.54, 1.807) is 6.20 Å². The molecule has 128 valence electrons. The van der Waals surface area contributed by atoms with Crippen molar-refractivity contribution in [1.82, 2.24) is 9.88 Å². The maximum atomic E-state index is 12.9. The van der Waals surface area contributed by atoms with E-state index in [0.717, 1.165) is 24.5 Å². The van der Waals surface area contributed by atoms with Crippen molar-refractivity contribution in [3.8, 4) is 0 Å². The zero-order chi connectivity index (χ0) is 17.5. The van der Waals surface area contributed by atoms with Gasteiger partial charge >= 0.3 is 0 Å². The van der Waals surface area contributed by atoms with Gasteiger partial charge in [-0.2, -0.15) is 0 Å². The summed E-state index contributed by atoms with van der Waals surface area (Å²) >= 11 is 0.